The number of nitrogens with zero attached hydrogens (tertiary/aromatic N) is 1. The minimum absolute atomic E-state index is 0.256. The minimum Gasteiger partial charge on any atom is -0.493 e. The smallest absolute Gasteiger partial charge is 0.161 e. The lowest BCUT2D eigenvalue weighted by Crippen LogP contribution is -2.35. The Kier molecular flexibility index (Phi) is 6.72. The van der Waals surface area contributed by atoms with Crippen LogP contribution in [0.5, 0.6) is 11.5 Å². The third kappa shape index (κ3) is 4.67. The number of hydrogen-bond donors (Lipinski definition) is 1. The van der Waals surface area contributed by atoms with Gasteiger partial charge in [-0.05, 0) is 66.4 Å². The Morgan fingerprint density at radius 3 is 2.96 bits per heavy atom. The van der Waals surface area contributed by atoms with Gasteiger partial charge in [0.15, 0.2) is 11.5 Å². The molecular weight excluding hydrogens is 346 g/mol. The maximum Gasteiger partial charge on any atom is 0.161 e. The topological polar surface area (TPSA) is 41.9 Å². The second-order valence-corrected chi connectivity index (χ2v) is 7.36. The first-order valence-corrected chi connectivity index (χ1v) is 10.0. The molecule has 1 aliphatic heterocycles. The molecule has 1 aromatic carbocycles. The molecule has 5 heteroatoms. The van der Waals surface area contributed by atoms with Gasteiger partial charge in [-0.2, -0.15) is 11.3 Å². The van der Waals surface area contributed by atoms with Crippen LogP contribution in [0.4, 0.5) is 0 Å². The van der Waals surface area contributed by atoms with Crippen molar-refractivity contribution in [2.75, 3.05) is 26.8 Å². The molecule has 2 atom stereocenters. The number of aliphatic hydroxyl groups excluding tert-OH is 1. The number of ether oxygens (including phenoxy) is 2. The molecule has 0 unspecified atom stereocenters. The number of thiophene rings is 1. The highest BCUT2D eigenvalue weighted by atomic mass is 32.1. The molecular formula is C21H27NO3S. The Morgan fingerprint density at radius 2 is 2.23 bits per heavy atom. The third-order valence-corrected chi connectivity index (χ3v) is 5.42. The summed E-state index contributed by atoms with van der Waals surface area (Å²) >= 11 is 1.73. The lowest BCUT2D eigenvalue weighted by molar-refractivity contribution is 0.0630. The van der Waals surface area contributed by atoms with Crippen molar-refractivity contribution in [3.8, 4) is 11.5 Å². The zero-order valence-corrected chi connectivity index (χ0v) is 16.2. The summed E-state index contributed by atoms with van der Waals surface area (Å²) in [4.78, 5) is 2.36. The van der Waals surface area contributed by atoms with Crippen LogP contribution in [0.3, 0.4) is 0 Å². The van der Waals surface area contributed by atoms with E-state index in [9.17, 15) is 5.11 Å². The number of methoxy groups -OCH3 is 1. The molecule has 0 aliphatic carbocycles. The monoisotopic (exact) mass is 373 g/mol. The van der Waals surface area contributed by atoms with E-state index in [1.54, 1.807) is 18.4 Å². The minimum atomic E-state index is -0.533. The standard InChI is InChI=1S/C21H27NO3S/c1-3-5-16-7-8-20(21(12-16)24-2)25-14-18(23)13-22-10-4-6-19(22)17-9-11-26-15-17/h3,5,7-9,11-12,15,18-19,23H,4,6,10,13-14H2,1-2H3/b5-3-/t18-,19+/m1/s1. The highest BCUT2D eigenvalue weighted by Crippen LogP contribution is 2.33. The summed E-state index contributed by atoms with van der Waals surface area (Å²) in [7, 11) is 1.63. The van der Waals surface area contributed by atoms with E-state index in [2.05, 4.69) is 21.7 Å². The highest BCUT2D eigenvalue weighted by molar-refractivity contribution is 7.07. The van der Waals surface area contributed by atoms with Gasteiger partial charge in [-0.3, -0.25) is 4.90 Å². The molecule has 0 amide bonds. The Labute approximate surface area is 159 Å². The average Bonchev–Trinajstić information content (AvgIpc) is 3.32. The molecule has 0 bridgehead atoms. The van der Waals surface area contributed by atoms with Crippen LogP contribution in [-0.2, 0) is 0 Å². The number of allylic oxidation sites excluding steroid dienone is 1. The SMILES string of the molecule is C/C=C\c1ccc(OC[C@H](O)CN2CCC[C@H]2c2ccsc2)c(OC)c1. The first kappa shape index (κ1) is 19.0. The van der Waals surface area contributed by atoms with Crippen LogP contribution < -0.4 is 9.47 Å². The Bertz CT molecular complexity index is 714. The van der Waals surface area contributed by atoms with Crippen LogP contribution in [0.1, 0.15) is 36.9 Å². The molecule has 1 fully saturated rings. The molecule has 4 nitrogen and oxygen atoms in total. The molecule has 3 rings (SSSR count). The van der Waals surface area contributed by atoms with E-state index in [4.69, 9.17) is 9.47 Å². The summed E-state index contributed by atoms with van der Waals surface area (Å²) in [6.45, 7) is 3.89. The number of β-amino-alcohol motifs (C(OH)–C–C–N with tert-alkyl or cyclic N) is 1. The van der Waals surface area contributed by atoms with Crippen LogP contribution in [0.25, 0.3) is 6.08 Å². The fraction of sp³-hybridized carbons (Fsp3) is 0.429. The van der Waals surface area contributed by atoms with Gasteiger partial charge >= 0.3 is 0 Å². The summed E-state index contributed by atoms with van der Waals surface area (Å²) in [5.74, 6) is 1.35. The predicted octanol–water partition coefficient (Wildman–Crippen LogP) is 4.37. The summed E-state index contributed by atoms with van der Waals surface area (Å²) in [5, 5.41) is 14.8. The van der Waals surface area contributed by atoms with Crippen molar-refractivity contribution in [1.29, 1.82) is 0 Å². The van der Waals surface area contributed by atoms with Crippen LogP contribution >= 0.6 is 11.3 Å². The summed E-state index contributed by atoms with van der Waals surface area (Å²) < 4.78 is 11.2. The predicted molar refractivity (Wildman–Crippen MR) is 107 cm³/mol. The molecule has 0 spiro atoms. The van der Waals surface area contributed by atoms with Gasteiger partial charge in [-0.15, -0.1) is 0 Å². The molecule has 2 aromatic rings. The van der Waals surface area contributed by atoms with E-state index in [0.717, 1.165) is 18.5 Å². The number of rotatable bonds is 8. The number of hydrogen-bond acceptors (Lipinski definition) is 5. The number of likely N-dealkylation sites (tertiary alicyclic amines) is 1. The van der Waals surface area contributed by atoms with Crippen molar-refractivity contribution in [1.82, 2.24) is 4.90 Å². The molecule has 1 aliphatic rings. The maximum absolute atomic E-state index is 10.5. The first-order chi connectivity index (χ1) is 12.7. The largest absolute Gasteiger partial charge is 0.493 e. The summed E-state index contributed by atoms with van der Waals surface area (Å²) in [5.41, 5.74) is 2.43. The van der Waals surface area contributed by atoms with Crippen LogP contribution in [-0.4, -0.2) is 42.9 Å². The highest BCUT2D eigenvalue weighted by Gasteiger charge is 2.28. The van der Waals surface area contributed by atoms with Crippen molar-refractivity contribution in [2.45, 2.75) is 31.9 Å². The van der Waals surface area contributed by atoms with Crippen LogP contribution in [0.2, 0.25) is 0 Å². The molecule has 1 N–H and O–H groups in total. The Balaban J connectivity index is 1.56. The fourth-order valence-corrected chi connectivity index (χ4v) is 4.20. The van der Waals surface area contributed by atoms with Crippen molar-refractivity contribution in [2.24, 2.45) is 0 Å². The Hall–Kier alpha value is -1.82. The van der Waals surface area contributed by atoms with Gasteiger partial charge in [-0.25, -0.2) is 0 Å². The average molecular weight is 374 g/mol. The van der Waals surface area contributed by atoms with Gasteiger partial charge in [0.25, 0.3) is 0 Å². The molecule has 26 heavy (non-hydrogen) atoms. The van der Waals surface area contributed by atoms with Crippen molar-refractivity contribution >= 4 is 17.4 Å². The normalized spacial score (nSPS) is 19.1. The molecule has 0 radical (unpaired) electrons. The van der Waals surface area contributed by atoms with E-state index in [1.807, 2.05) is 37.3 Å². The second kappa shape index (κ2) is 9.21. The van der Waals surface area contributed by atoms with Crippen molar-refractivity contribution < 1.29 is 14.6 Å². The lowest BCUT2D eigenvalue weighted by Gasteiger charge is -2.26. The van der Waals surface area contributed by atoms with Crippen molar-refractivity contribution in [3.05, 3.63) is 52.2 Å². The summed E-state index contributed by atoms with van der Waals surface area (Å²) in [6, 6.07) is 8.43. The van der Waals surface area contributed by atoms with Crippen molar-refractivity contribution in [3.63, 3.8) is 0 Å². The van der Waals surface area contributed by atoms with E-state index in [0.29, 0.717) is 24.1 Å². The summed E-state index contributed by atoms with van der Waals surface area (Å²) in [6.07, 6.45) is 5.80. The fourth-order valence-electron chi connectivity index (χ4n) is 3.50. The van der Waals surface area contributed by atoms with Crippen LogP contribution in [0, 0.1) is 0 Å². The molecule has 1 aromatic heterocycles. The lowest BCUT2D eigenvalue weighted by atomic mass is 10.1. The van der Waals surface area contributed by atoms with E-state index >= 15 is 0 Å². The first-order valence-electron chi connectivity index (χ1n) is 9.09. The zero-order chi connectivity index (χ0) is 18.4. The van der Waals surface area contributed by atoms with E-state index < -0.39 is 6.10 Å². The molecule has 1 saturated heterocycles. The van der Waals surface area contributed by atoms with Gasteiger partial charge < -0.3 is 14.6 Å². The molecule has 0 saturated carbocycles. The van der Waals surface area contributed by atoms with E-state index in [1.165, 1.54) is 12.0 Å². The zero-order valence-electron chi connectivity index (χ0n) is 15.4. The maximum atomic E-state index is 10.5. The molecule has 140 valence electrons. The quantitative estimate of drug-likeness (QED) is 0.746. The van der Waals surface area contributed by atoms with Gasteiger partial charge in [-0.1, -0.05) is 18.2 Å². The van der Waals surface area contributed by atoms with Gasteiger partial charge in [0.05, 0.1) is 7.11 Å². The number of aliphatic hydroxyl groups is 1. The Morgan fingerprint density at radius 1 is 1.35 bits per heavy atom. The molecule has 2 heterocycles. The van der Waals surface area contributed by atoms with Gasteiger partial charge in [0.2, 0.25) is 0 Å². The third-order valence-electron chi connectivity index (χ3n) is 4.71. The number of benzene rings is 1. The van der Waals surface area contributed by atoms with E-state index in [-0.39, 0.29) is 6.61 Å². The van der Waals surface area contributed by atoms with Crippen LogP contribution in [0.15, 0.2) is 41.1 Å². The second-order valence-electron chi connectivity index (χ2n) is 6.58. The van der Waals surface area contributed by atoms with Gasteiger partial charge in [0, 0.05) is 12.6 Å². The van der Waals surface area contributed by atoms with Gasteiger partial charge in [0.1, 0.15) is 12.7 Å².